The molecule has 2 aliphatic rings. The standard InChI is InChI=1S/C26H21OP/c1-5-13-22-21-28(27-26(22)20-12-1,23-14-6-2-7-15-23,24-16-8-3-9-17-24)25-18-10-4-11-19-25/h1-21H/i5D,12D. The average molecular weight is 382 g/mol. The van der Waals surface area contributed by atoms with Crippen LogP contribution < -0.4 is 15.9 Å². The van der Waals surface area contributed by atoms with Gasteiger partial charge in [0, 0.05) is 0 Å². The Kier molecular flexibility index (Phi) is 3.44. The van der Waals surface area contributed by atoms with Crippen molar-refractivity contribution in [2.45, 2.75) is 0 Å². The molecule has 0 amide bonds. The molecule has 1 heterocycles. The van der Waals surface area contributed by atoms with Crippen molar-refractivity contribution < 1.29 is 7.27 Å². The van der Waals surface area contributed by atoms with Gasteiger partial charge in [-0.15, -0.1) is 0 Å². The SMILES string of the molecule is [2H]C1=CC([2H])=CC2=CP(c3ccccc3)(c3ccccc3)(c3ccccc3)OC2=C1. The summed E-state index contributed by atoms with van der Waals surface area (Å²) in [6.07, 6.45) is 5.07. The summed E-state index contributed by atoms with van der Waals surface area (Å²) in [6, 6.07) is 31.6. The zero-order valence-corrected chi connectivity index (χ0v) is 16.2. The Balaban J connectivity index is 1.96. The number of hydrogen-bond donors (Lipinski definition) is 0. The molecule has 0 fully saturated rings. The van der Waals surface area contributed by atoms with Crippen molar-refractivity contribution >= 4 is 22.7 Å². The van der Waals surface area contributed by atoms with E-state index in [1.165, 1.54) is 6.08 Å². The van der Waals surface area contributed by atoms with E-state index in [1.807, 2.05) is 54.6 Å². The monoisotopic (exact) mass is 382 g/mol. The van der Waals surface area contributed by atoms with Gasteiger partial charge < -0.3 is 0 Å². The molecule has 0 saturated carbocycles. The van der Waals surface area contributed by atoms with E-state index in [1.54, 1.807) is 12.2 Å². The maximum atomic E-state index is 8.25. The summed E-state index contributed by atoms with van der Waals surface area (Å²) in [5.74, 6) is 2.88. The van der Waals surface area contributed by atoms with Crippen LogP contribution in [0.1, 0.15) is 2.74 Å². The van der Waals surface area contributed by atoms with Gasteiger partial charge in [-0.25, -0.2) is 0 Å². The van der Waals surface area contributed by atoms with Crippen molar-refractivity contribution in [2.75, 3.05) is 0 Å². The molecule has 3 aromatic rings. The summed E-state index contributed by atoms with van der Waals surface area (Å²) in [5.41, 5.74) is 0.854. The zero-order valence-electron chi connectivity index (χ0n) is 17.3. The Labute approximate surface area is 168 Å². The van der Waals surface area contributed by atoms with Gasteiger partial charge in [0.05, 0.1) is 0 Å². The minimum absolute atomic E-state index is 0.266. The molecule has 0 aromatic heterocycles. The Morgan fingerprint density at radius 3 is 1.64 bits per heavy atom. The molecule has 0 unspecified atom stereocenters. The van der Waals surface area contributed by atoms with E-state index in [2.05, 4.69) is 42.2 Å². The molecule has 0 spiro atoms. The number of hydrogen-bond acceptors (Lipinski definition) is 1. The molecule has 5 rings (SSSR count). The van der Waals surface area contributed by atoms with Crippen molar-refractivity contribution in [1.82, 2.24) is 0 Å². The summed E-state index contributed by atoms with van der Waals surface area (Å²) >= 11 is 0. The number of allylic oxidation sites excluding steroid dienone is 5. The molecule has 1 aliphatic heterocycles. The topological polar surface area (TPSA) is 9.23 Å². The van der Waals surface area contributed by atoms with Crippen molar-refractivity contribution in [3.05, 3.63) is 138 Å². The summed E-state index contributed by atoms with van der Waals surface area (Å²) in [7, 11) is 0. The van der Waals surface area contributed by atoms with Crippen LogP contribution in [-0.2, 0) is 4.52 Å². The average Bonchev–Trinajstić information content (AvgIpc) is 3.05. The first-order valence-corrected chi connectivity index (χ1v) is 11.5. The molecule has 28 heavy (non-hydrogen) atoms. The van der Waals surface area contributed by atoms with Crippen LogP contribution in [0.25, 0.3) is 0 Å². The maximum absolute atomic E-state index is 8.25. The van der Waals surface area contributed by atoms with Gasteiger partial charge in [-0.3, -0.25) is 0 Å². The van der Waals surface area contributed by atoms with Crippen molar-refractivity contribution in [3.63, 3.8) is 0 Å². The van der Waals surface area contributed by atoms with E-state index in [0.29, 0.717) is 11.8 Å². The first-order valence-electron chi connectivity index (χ1n) is 10.3. The summed E-state index contributed by atoms with van der Waals surface area (Å²) in [5, 5.41) is 3.29. The van der Waals surface area contributed by atoms with E-state index in [-0.39, 0.29) is 6.05 Å². The number of rotatable bonds is 3. The van der Waals surface area contributed by atoms with Crippen LogP contribution in [0, 0.1) is 0 Å². The normalized spacial score (nSPS) is 21.6. The fraction of sp³-hybridized carbons (Fsp3) is 0. The molecule has 1 aliphatic carbocycles. The van der Waals surface area contributed by atoms with Gasteiger partial charge in [-0.05, 0) is 0 Å². The van der Waals surface area contributed by atoms with Gasteiger partial charge in [-0.2, -0.15) is 0 Å². The van der Waals surface area contributed by atoms with Gasteiger partial charge in [0.1, 0.15) is 0 Å². The molecular formula is C26H21OP. The molecule has 3 aromatic carbocycles. The Hall–Kier alpha value is -3.15. The second kappa shape index (κ2) is 6.48. The zero-order chi connectivity index (χ0) is 20.6. The van der Waals surface area contributed by atoms with Gasteiger partial charge in [-0.1, -0.05) is 0 Å². The Morgan fingerprint density at radius 2 is 1.14 bits per heavy atom. The first kappa shape index (κ1) is 14.9. The van der Waals surface area contributed by atoms with Crippen molar-refractivity contribution in [2.24, 2.45) is 0 Å². The minimum atomic E-state index is -3.51. The van der Waals surface area contributed by atoms with E-state index in [0.717, 1.165) is 21.5 Å². The number of benzene rings is 3. The van der Waals surface area contributed by atoms with Crippen LogP contribution in [-0.4, -0.2) is 0 Å². The fourth-order valence-electron chi connectivity index (χ4n) is 4.13. The molecule has 2 heteroatoms. The van der Waals surface area contributed by atoms with Gasteiger partial charge in [0.25, 0.3) is 0 Å². The predicted molar refractivity (Wildman–Crippen MR) is 121 cm³/mol. The predicted octanol–water partition coefficient (Wildman–Crippen LogP) is 5.36. The molecule has 1 nitrogen and oxygen atoms in total. The van der Waals surface area contributed by atoms with Crippen LogP contribution in [0.4, 0.5) is 0 Å². The van der Waals surface area contributed by atoms with Crippen LogP contribution in [0.15, 0.2) is 138 Å². The quantitative estimate of drug-likeness (QED) is 0.555. The second-order valence-electron chi connectivity index (χ2n) is 6.91. The molecule has 0 radical (unpaired) electrons. The third-order valence-corrected chi connectivity index (χ3v) is 10.7. The summed E-state index contributed by atoms with van der Waals surface area (Å²) in [4.78, 5) is 0. The third kappa shape index (κ3) is 2.30. The molecule has 136 valence electrons. The Bertz CT molecular complexity index is 1130. The van der Waals surface area contributed by atoms with Crippen LogP contribution in [0.2, 0.25) is 0 Å². The number of fused-ring (bicyclic) bond motifs is 1. The Morgan fingerprint density at radius 1 is 0.643 bits per heavy atom. The molecule has 0 atom stereocenters. The van der Waals surface area contributed by atoms with Crippen LogP contribution in [0.5, 0.6) is 0 Å². The van der Waals surface area contributed by atoms with E-state index in [4.69, 9.17) is 7.27 Å². The van der Waals surface area contributed by atoms with Crippen LogP contribution in [0.3, 0.4) is 0 Å². The summed E-state index contributed by atoms with van der Waals surface area (Å²) < 4.78 is 23.6. The van der Waals surface area contributed by atoms with Crippen molar-refractivity contribution in [3.8, 4) is 0 Å². The fourth-order valence-corrected chi connectivity index (χ4v) is 9.43. The van der Waals surface area contributed by atoms with E-state index < -0.39 is 6.83 Å². The van der Waals surface area contributed by atoms with Crippen LogP contribution >= 0.6 is 6.83 Å². The summed E-state index contributed by atoms with van der Waals surface area (Å²) in [6.45, 7) is -3.51. The second-order valence-corrected chi connectivity index (χ2v) is 11.1. The van der Waals surface area contributed by atoms with E-state index >= 15 is 0 Å². The third-order valence-electron chi connectivity index (χ3n) is 5.38. The van der Waals surface area contributed by atoms with Gasteiger partial charge in [0.15, 0.2) is 0 Å². The van der Waals surface area contributed by atoms with Crippen molar-refractivity contribution in [1.29, 1.82) is 0 Å². The molecular weight excluding hydrogens is 359 g/mol. The van der Waals surface area contributed by atoms with Gasteiger partial charge in [0.2, 0.25) is 0 Å². The molecule has 0 N–H and O–H groups in total. The van der Waals surface area contributed by atoms with Gasteiger partial charge >= 0.3 is 168 Å². The van der Waals surface area contributed by atoms with E-state index in [9.17, 15) is 0 Å². The molecule has 0 bridgehead atoms. The molecule has 0 saturated heterocycles. The first-order chi connectivity index (χ1) is 14.6.